The second-order valence-corrected chi connectivity index (χ2v) is 5.94. The summed E-state index contributed by atoms with van der Waals surface area (Å²) in [6.45, 7) is 4.80. The molecule has 2 heterocycles. The average Bonchev–Trinajstić information content (AvgIpc) is 2.83. The molecule has 2 aromatic rings. The number of nitrogens with one attached hydrogen (secondary N) is 1. The number of aromatic nitrogens is 1. The summed E-state index contributed by atoms with van der Waals surface area (Å²) in [4.78, 5) is 6.10. The van der Waals surface area contributed by atoms with E-state index in [0.717, 1.165) is 31.7 Å². The minimum atomic E-state index is 0.699. The Morgan fingerprint density at radius 3 is 3.11 bits per heavy atom. The first kappa shape index (κ1) is 12.6. The Morgan fingerprint density at radius 1 is 1.37 bits per heavy atom. The molecule has 1 aliphatic heterocycles. The van der Waals surface area contributed by atoms with Gasteiger partial charge in [0.2, 0.25) is 0 Å². The fraction of sp³-hybridized carbons (Fsp3) is 0.400. The molecule has 19 heavy (non-hydrogen) atoms. The maximum absolute atomic E-state index is 5.82. The van der Waals surface area contributed by atoms with Crippen LogP contribution >= 0.6 is 11.3 Å². The summed E-state index contributed by atoms with van der Waals surface area (Å²) in [6, 6.07) is 8.13. The van der Waals surface area contributed by atoms with Gasteiger partial charge in [0.05, 0.1) is 17.3 Å². The number of aryl methyl sites for hydroxylation is 1. The Labute approximate surface area is 117 Å². The van der Waals surface area contributed by atoms with Crippen molar-refractivity contribution < 1.29 is 4.74 Å². The minimum absolute atomic E-state index is 0.699. The van der Waals surface area contributed by atoms with Crippen molar-refractivity contribution in [1.29, 1.82) is 0 Å². The lowest BCUT2D eigenvalue weighted by atomic mass is 10.2. The first-order valence-electron chi connectivity index (χ1n) is 6.69. The quantitative estimate of drug-likeness (QED) is 0.931. The molecular formula is C15H18N2OS. The van der Waals surface area contributed by atoms with Crippen molar-refractivity contribution in [1.82, 2.24) is 10.3 Å². The third-order valence-corrected chi connectivity index (χ3v) is 4.47. The van der Waals surface area contributed by atoms with Gasteiger partial charge in [-0.2, -0.15) is 0 Å². The molecule has 100 valence electrons. The predicted octanol–water partition coefficient (Wildman–Crippen LogP) is 2.72. The molecule has 0 atom stereocenters. The van der Waals surface area contributed by atoms with Crippen molar-refractivity contribution in [3.63, 3.8) is 0 Å². The van der Waals surface area contributed by atoms with Crippen LogP contribution in [0.1, 0.15) is 21.1 Å². The van der Waals surface area contributed by atoms with Gasteiger partial charge in [0.25, 0.3) is 0 Å². The number of hydrogen-bond acceptors (Lipinski definition) is 4. The van der Waals surface area contributed by atoms with E-state index in [-0.39, 0.29) is 0 Å². The lowest BCUT2D eigenvalue weighted by Crippen LogP contribution is -2.22. The Hall–Kier alpha value is -1.39. The Balaban J connectivity index is 1.58. The Kier molecular flexibility index (Phi) is 3.80. The van der Waals surface area contributed by atoms with E-state index in [1.165, 1.54) is 21.1 Å². The van der Waals surface area contributed by atoms with Gasteiger partial charge in [-0.15, -0.1) is 11.3 Å². The minimum Gasteiger partial charge on any atom is -0.493 e. The number of hydrogen-bond donors (Lipinski definition) is 1. The molecule has 0 saturated carbocycles. The molecular weight excluding hydrogens is 256 g/mol. The number of rotatable bonds is 4. The molecule has 0 amide bonds. The zero-order valence-corrected chi connectivity index (χ0v) is 11.9. The summed E-state index contributed by atoms with van der Waals surface area (Å²) >= 11 is 1.82. The fourth-order valence-electron chi connectivity index (χ4n) is 2.25. The number of benzene rings is 1. The van der Waals surface area contributed by atoms with Crippen LogP contribution in [0.4, 0.5) is 0 Å². The zero-order chi connectivity index (χ0) is 13.1. The molecule has 3 nitrogen and oxygen atoms in total. The van der Waals surface area contributed by atoms with Gasteiger partial charge in [-0.3, -0.25) is 0 Å². The van der Waals surface area contributed by atoms with Gasteiger partial charge in [-0.05, 0) is 18.6 Å². The molecule has 3 rings (SSSR count). The van der Waals surface area contributed by atoms with Gasteiger partial charge in [-0.1, -0.05) is 18.2 Å². The molecule has 1 aromatic heterocycles. The molecule has 1 aromatic carbocycles. The van der Waals surface area contributed by atoms with Crippen LogP contribution in [-0.2, 0) is 19.4 Å². The number of nitrogens with zero attached hydrogens (tertiary/aromatic N) is 1. The van der Waals surface area contributed by atoms with Gasteiger partial charge in [0.15, 0.2) is 0 Å². The molecule has 1 aliphatic rings. The van der Waals surface area contributed by atoms with Crippen molar-refractivity contribution in [3.05, 3.63) is 45.4 Å². The summed E-state index contributed by atoms with van der Waals surface area (Å²) in [6.07, 6.45) is 1.95. The van der Waals surface area contributed by atoms with Crippen molar-refractivity contribution in [3.8, 4) is 5.75 Å². The smallest absolute Gasteiger partial charge is 0.122 e. The number of fused-ring (bicyclic) bond motifs is 1. The predicted molar refractivity (Wildman–Crippen MR) is 77.9 cm³/mol. The van der Waals surface area contributed by atoms with Crippen LogP contribution in [0.25, 0.3) is 0 Å². The van der Waals surface area contributed by atoms with E-state index >= 15 is 0 Å². The highest BCUT2D eigenvalue weighted by atomic mass is 32.1. The summed E-state index contributed by atoms with van der Waals surface area (Å²) in [5.41, 5.74) is 2.47. The molecule has 1 N–H and O–H groups in total. The van der Waals surface area contributed by atoms with Crippen LogP contribution in [0, 0.1) is 6.92 Å². The highest BCUT2D eigenvalue weighted by Gasteiger charge is 2.14. The van der Waals surface area contributed by atoms with Gasteiger partial charge in [0, 0.05) is 30.8 Å². The molecule has 4 heteroatoms. The number of thiazole rings is 1. The third kappa shape index (κ3) is 2.96. The van der Waals surface area contributed by atoms with Gasteiger partial charge < -0.3 is 10.1 Å². The van der Waals surface area contributed by atoms with Crippen molar-refractivity contribution in [2.75, 3.05) is 13.2 Å². The second-order valence-electron chi connectivity index (χ2n) is 4.77. The lowest BCUT2D eigenvalue weighted by molar-refractivity contribution is 0.319. The van der Waals surface area contributed by atoms with Crippen LogP contribution in [-0.4, -0.2) is 18.1 Å². The fourth-order valence-corrected chi connectivity index (χ4v) is 3.32. The van der Waals surface area contributed by atoms with Crippen LogP contribution < -0.4 is 10.1 Å². The molecule has 0 saturated heterocycles. The largest absolute Gasteiger partial charge is 0.493 e. The van der Waals surface area contributed by atoms with E-state index in [4.69, 9.17) is 9.72 Å². The topological polar surface area (TPSA) is 34.1 Å². The van der Waals surface area contributed by atoms with E-state index in [1.807, 2.05) is 29.5 Å². The second kappa shape index (κ2) is 5.72. The number of ether oxygens (including phenoxy) is 1. The molecule has 0 aliphatic carbocycles. The molecule has 0 bridgehead atoms. The summed E-state index contributed by atoms with van der Waals surface area (Å²) in [5, 5.41) is 4.58. The van der Waals surface area contributed by atoms with Gasteiger partial charge in [0.1, 0.15) is 5.75 Å². The highest BCUT2D eigenvalue weighted by molar-refractivity contribution is 7.11. The third-order valence-electron chi connectivity index (χ3n) is 3.31. The first-order valence-corrected chi connectivity index (χ1v) is 7.51. The maximum Gasteiger partial charge on any atom is 0.122 e. The normalized spacial score (nSPS) is 14.2. The summed E-state index contributed by atoms with van der Waals surface area (Å²) in [7, 11) is 0. The van der Waals surface area contributed by atoms with Crippen LogP contribution in [0.3, 0.4) is 0 Å². The summed E-state index contributed by atoms with van der Waals surface area (Å²) < 4.78 is 5.82. The van der Waals surface area contributed by atoms with Crippen LogP contribution in [0.15, 0.2) is 24.3 Å². The monoisotopic (exact) mass is 274 g/mol. The lowest BCUT2D eigenvalue weighted by Gasteiger charge is -2.09. The summed E-state index contributed by atoms with van der Waals surface area (Å²) in [5.74, 6) is 0.977. The van der Waals surface area contributed by atoms with E-state index in [2.05, 4.69) is 18.3 Å². The molecule has 0 fully saturated rings. The van der Waals surface area contributed by atoms with Gasteiger partial charge >= 0.3 is 0 Å². The van der Waals surface area contributed by atoms with E-state index in [0.29, 0.717) is 6.61 Å². The van der Waals surface area contributed by atoms with Gasteiger partial charge in [-0.25, -0.2) is 4.98 Å². The van der Waals surface area contributed by atoms with E-state index in [9.17, 15) is 0 Å². The van der Waals surface area contributed by atoms with E-state index < -0.39 is 0 Å². The van der Waals surface area contributed by atoms with Crippen molar-refractivity contribution in [2.45, 2.75) is 26.3 Å². The first-order chi connectivity index (χ1) is 9.33. The molecule has 0 spiro atoms. The van der Waals surface area contributed by atoms with Crippen molar-refractivity contribution in [2.24, 2.45) is 0 Å². The van der Waals surface area contributed by atoms with Crippen LogP contribution in [0.2, 0.25) is 0 Å². The molecule has 0 radical (unpaired) electrons. The van der Waals surface area contributed by atoms with E-state index in [1.54, 1.807) is 0 Å². The zero-order valence-electron chi connectivity index (χ0n) is 11.1. The highest BCUT2D eigenvalue weighted by Crippen LogP contribution is 2.22. The standard InChI is InChI=1S/C15H18N2OS/c1-11-4-2-3-5-13(11)18-9-7-15-17-12-6-8-16-10-14(12)19-15/h2-5,16H,6-10H2,1H3. The SMILES string of the molecule is Cc1ccccc1OCCc1nc2c(s1)CNCC2. The maximum atomic E-state index is 5.82. The van der Waals surface area contributed by atoms with Crippen LogP contribution in [0.5, 0.6) is 5.75 Å². The number of para-hydroxylation sites is 1. The Morgan fingerprint density at radius 2 is 2.26 bits per heavy atom. The average molecular weight is 274 g/mol. The van der Waals surface area contributed by atoms with Crippen molar-refractivity contribution >= 4 is 11.3 Å². The molecule has 0 unspecified atom stereocenters. The Bertz CT molecular complexity index is 542.